The average Bonchev–Trinajstić information content (AvgIpc) is 3.61. The molecule has 7 heteroatoms. The fraction of sp³-hybridized carbons (Fsp3) is 0.0312. The summed E-state index contributed by atoms with van der Waals surface area (Å²) in [4.78, 5) is 7.83. The number of hydrogen-bond acceptors (Lipinski definition) is 4. The van der Waals surface area contributed by atoms with Gasteiger partial charge in [0.25, 0.3) is 0 Å². The molecule has 0 fully saturated rings. The number of nitrogens with one attached hydrogen (secondary N) is 1. The Morgan fingerprint density at radius 2 is 1.67 bits per heavy atom. The van der Waals surface area contributed by atoms with Crippen molar-refractivity contribution in [2.24, 2.45) is 0 Å². The van der Waals surface area contributed by atoms with Gasteiger partial charge in [-0.25, -0.2) is 14.1 Å². The number of fused-ring (bicyclic) bond motifs is 1. The van der Waals surface area contributed by atoms with Crippen LogP contribution >= 0.6 is 0 Å². The Morgan fingerprint density at radius 1 is 0.923 bits per heavy atom. The molecule has 39 heavy (non-hydrogen) atoms. The molecule has 0 bridgehead atoms. The van der Waals surface area contributed by atoms with Crippen LogP contribution in [0.3, 0.4) is 0 Å². The van der Waals surface area contributed by atoms with Crippen molar-refractivity contribution >= 4 is 22.7 Å². The van der Waals surface area contributed by atoms with Crippen LogP contribution in [0.1, 0.15) is 17.0 Å². The molecule has 6 aromatic rings. The van der Waals surface area contributed by atoms with Gasteiger partial charge in [-0.1, -0.05) is 48.5 Å². The molecule has 0 aliphatic carbocycles. The van der Waals surface area contributed by atoms with E-state index >= 15 is 0 Å². The first-order valence-corrected chi connectivity index (χ1v) is 12.4. The van der Waals surface area contributed by atoms with Crippen LogP contribution in [0.15, 0.2) is 109 Å². The van der Waals surface area contributed by atoms with E-state index in [1.165, 1.54) is 6.07 Å². The Morgan fingerprint density at radius 3 is 2.44 bits per heavy atom. The molecule has 0 saturated carbocycles. The number of nitriles is 1. The molecule has 188 valence electrons. The quantitative estimate of drug-likeness (QED) is 0.230. The van der Waals surface area contributed by atoms with Crippen molar-refractivity contribution in [1.29, 1.82) is 5.26 Å². The van der Waals surface area contributed by atoms with Crippen molar-refractivity contribution in [2.75, 3.05) is 0 Å². The molecule has 2 aromatic heterocycles. The van der Waals surface area contributed by atoms with E-state index in [9.17, 15) is 9.65 Å². The lowest BCUT2D eigenvalue weighted by atomic mass is 10.1. The van der Waals surface area contributed by atoms with Crippen molar-refractivity contribution in [1.82, 2.24) is 19.7 Å². The van der Waals surface area contributed by atoms with Crippen LogP contribution in [0.5, 0.6) is 5.75 Å². The third-order valence-corrected chi connectivity index (χ3v) is 6.31. The summed E-state index contributed by atoms with van der Waals surface area (Å²) in [7, 11) is 0. The number of aromatic nitrogens is 4. The zero-order valence-corrected chi connectivity index (χ0v) is 20.8. The minimum absolute atomic E-state index is 0.131. The molecule has 0 saturated heterocycles. The smallest absolute Gasteiger partial charge is 0.149 e. The third kappa shape index (κ3) is 5.04. The second kappa shape index (κ2) is 10.5. The fourth-order valence-corrected chi connectivity index (χ4v) is 4.31. The minimum atomic E-state index is -0.297. The van der Waals surface area contributed by atoms with Gasteiger partial charge in [-0.05, 0) is 60.7 Å². The summed E-state index contributed by atoms with van der Waals surface area (Å²) in [5.41, 5.74) is 5.73. The van der Waals surface area contributed by atoms with E-state index in [1.807, 2.05) is 85.1 Å². The van der Waals surface area contributed by atoms with Crippen LogP contribution in [-0.2, 0) is 6.61 Å². The van der Waals surface area contributed by atoms with Crippen molar-refractivity contribution in [3.63, 3.8) is 0 Å². The summed E-state index contributed by atoms with van der Waals surface area (Å²) in [6.45, 7) is 0.131. The molecule has 6 nitrogen and oxygen atoms in total. The summed E-state index contributed by atoms with van der Waals surface area (Å²) in [5.74, 6) is 0.810. The third-order valence-electron chi connectivity index (χ3n) is 6.31. The van der Waals surface area contributed by atoms with Crippen LogP contribution in [0, 0.1) is 17.1 Å². The molecule has 1 N–H and O–H groups in total. The molecule has 0 amide bonds. The predicted molar refractivity (Wildman–Crippen MR) is 149 cm³/mol. The van der Waals surface area contributed by atoms with Crippen molar-refractivity contribution in [3.05, 3.63) is 132 Å². The topological polar surface area (TPSA) is 79.5 Å². The molecule has 2 heterocycles. The monoisotopic (exact) mass is 511 g/mol. The van der Waals surface area contributed by atoms with Crippen LogP contribution in [0.2, 0.25) is 0 Å². The second-order valence-electron chi connectivity index (χ2n) is 8.89. The number of nitrogens with zero attached hydrogens (tertiary/aromatic N) is 4. The lowest BCUT2D eigenvalue weighted by molar-refractivity contribution is 0.300. The van der Waals surface area contributed by atoms with Crippen LogP contribution in [0.4, 0.5) is 4.39 Å². The number of aromatic amines is 1. The van der Waals surface area contributed by atoms with Gasteiger partial charge in [-0.2, -0.15) is 10.4 Å². The highest BCUT2D eigenvalue weighted by Crippen LogP contribution is 2.29. The molecule has 0 radical (unpaired) electrons. The average molecular weight is 512 g/mol. The summed E-state index contributed by atoms with van der Waals surface area (Å²) in [5, 5.41) is 14.9. The second-order valence-corrected chi connectivity index (χ2v) is 8.89. The molecule has 0 unspecified atom stereocenters. The molecule has 4 aromatic carbocycles. The number of H-pyrrole nitrogens is 1. The van der Waals surface area contributed by atoms with Crippen LogP contribution < -0.4 is 4.74 Å². The Labute approximate surface area is 224 Å². The van der Waals surface area contributed by atoms with Crippen molar-refractivity contribution < 1.29 is 9.13 Å². The first-order valence-electron chi connectivity index (χ1n) is 12.4. The van der Waals surface area contributed by atoms with Gasteiger partial charge in [0.15, 0.2) is 0 Å². The van der Waals surface area contributed by atoms with E-state index in [4.69, 9.17) is 9.84 Å². The van der Waals surface area contributed by atoms with Gasteiger partial charge >= 0.3 is 0 Å². The number of ether oxygens (including phenoxy) is 1. The first-order chi connectivity index (χ1) is 19.2. The normalized spacial score (nSPS) is 11.4. The largest absolute Gasteiger partial charge is 0.489 e. The first kappa shape index (κ1) is 23.9. The van der Waals surface area contributed by atoms with E-state index in [-0.39, 0.29) is 12.4 Å². The lowest BCUT2D eigenvalue weighted by Crippen LogP contribution is -1.98. The maximum atomic E-state index is 14.0. The van der Waals surface area contributed by atoms with Gasteiger partial charge in [-0.3, -0.25) is 0 Å². The Hall–Kier alpha value is -5.48. The van der Waals surface area contributed by atoms with E-state index in [1.54, 1.807) is 29.0 Å². The van der Waals surface area contributed by atoms with Gasteiger partial charge in [0, 0.05) is 22.9 Å². The van der Waals surface area contributed by atoms with Gasteiger partial charge in [0.1, 0.15) is 30.1 Å². The van der Waals surface area contributed by atoms with E-state index in [0.29, 0.717) is 28.4 Å². The van der Waals surface area contributed by atoms with E-state index in [0.717, 1.165) is 27.8 Å². The number of hydrogen-bond donors (Lipinski definition) is 1. The fourth-order valence-electron chi connectivity index (χ4n) is 4.31. The molecular weight excluding hydrogens is 489 g/mol. The van der Waals surface area contributed by atoms with Crippen molar-refractivity contribution in [2.45, 2.75) is 6.61 Å². The number of imidazole rings is 1. The van der Waals surface area contributed by atoms with Gasteiger partial charge in [-0.15, -0.1) is 0 Å². The van der Waals surface area contributed by atoms with Gasteiger partial charge in [0.05, 0.1) is 28.0 Å². The minimum Gasteiger partial charge on any atom is -0.489 e. The Bertz CT molecular complexity index is 1800. The summed E-state index contributed by atoms with van der Waals surface area (Å²) in [6.07, 6.45) is 3.69. The SMILES string of the molecule is N#CC(=Cc1cn(-c2ccccc2)nc1-c1ccc(OCc2ccccc2F)cc1)c1nc2ccccc2[nH]1. The molecule has 0 aliphatic rings. The Kier molecular flexibility index (Phi) is 6.42. The zero-order chi connectivity index (χ0) is 26.6. The zero-order valence-electron chi connectivity index (χ0n) is 20.8. The number of halogens is 1. The molecule has 6 rings (SSSR count). The molecular formula is C32H22FN5O. The van der Waals surface area contributed by atoms with Crippen LogP contribution in [-0.4, -0.2) is 19.7 Å². The highest BCUT2D eigenvalue weighted by Gasteiger charge is 2.15. The number of rotatable bonds is 7. The highest BCUT2D eigenvalue weighted by molar-refractivity contribution is 5.92. The maximum absolute atomic E-state index is 14.0. The lowest BCUT2D eigenvalue weighted by Gasteiger charge is -2.08. The molecule has 0 atom stereocenters. The summed E-state index contributed by atoms with van der Waals surface area (Å²) < 4.78 is 21.5. The predicted octanol–water partition coefficient (Wildman–Crippen LogP) is 7.20. The maximum Gasteiger partial charge on any atom is 0.149 e. The van der Waals surface area contributed by atoms with E-state index in [2.05, 4.69) is 16.0 Å². The number of allylic oxidation sites excluding steroid dienone is 1. The number of benzene rings is 4. The van der Waals surface area contributed by atoms with Gasteiger partial charge in [0.2, 0.25) is 0 Å². The van der Waals surface area contributed by atoms with Crippen molar-refractivity contribution in [3.8, 4) is 28.8 Å². The Balaban J connectivity index is 1.36. The van der Waals surface area contributed by atoms with E-state index < -0.39 is 0 Å². The summed E-state index contributed by atoms with van der Waals surface area (Å²) >= 11 is 0. The van der Waals surface area contributed by atoms with Crippen LogP contribution in [0.25, 0.3) is 39.6 Å². The molecule has 0 aliphatic heterocycles. The molecule has 0 spiro atoms. The summed E-state index contributed by atoms with van der Waals surface area (Å²) in [6, 6.07) is 33.7. The highest BCUT2D eigenvalue weighted by atomic mass is 19.1. The van der Waals surface area contributed by atoms with Gasteiger partial charge < -0.3 is 9.72 Å². The standard InChI is InChI=1S/C32H22FN5O/c33-28-11-5-4-8-23(28)21-39-27-16-14-22(15-17-27)31-25(20-38(37-31)26-9-2-1-3-10-26)18-24(19-34)32-35-29-12-6-7-13-30(29)36-32/h1-18,20H,21H2,(H,35,36). The number of para-hydroxylation sites is 3.